The van der Waals surface area contributed by atoms with Crippen molar-refractivity contribution >= 4 is 5.91 Å². The number of amides is 1. The molecule has 2 heterocycles. The van der Waals surface area contributed by atoms with Crippen LogP contribution in [0.15, 0.2) is 0 Å². The predicted octanol–water partition coefficient (Wildman–Crippen LogP) is 0.0622. The molecule has 7 heteroatoms. The molecule has 0 radical (unpaired) electrons. The maximum Gasteiger partial charge on any atom is 0.236 e. The summed E-state index contributed by atoms with van der Waals surface area (Å²) in [6.45, 7) is 2.89. The highest BCUT2D eigenvalue weighted by molar-refractivity contribution is 5.78. The van der Waals surface area contributed by atoms with Crippen LogP contribution in [-0.4, -0.2) is 62.6 Å². The molecule has 0 aromatic carbocycles. The number of likely N-dealkylation sites (N-methyl/N-ethyl adjacent to an activating group) is 1. The zero-order chi connectivity index (χ0) is 13.2. The maximum absolute atomic E-state index is 12.0. The fourth-order valence-electron chi connectivity index (χ4n) is 2.51. The Kier molecular flexibility index (Phi) is 3.46. The van der Waals surface area contributed by atoms with Crippen molar-refractivity contribution < 1.29 is 4.79 Å². The molecule has 3 rings (SSSR count). The van der Waals surface area contributed by atoms with Gasteiger partial charge in [-0.1, -0.05) is 0 Å². The third-order valence-electron chi connectivity index (χ3n) is 3.73. The molecule has 1 saturated heterocycles. The summed E-state index contributed by atoms with van der Waals surface area (Å²) in [6, 6.07) is 0.479. The summed E-state index contributed by atoms with van der Waals surface area (Å²) in [6.07, 6.45) is 4.59. The van der Waals surface area contributed by atoms with Crippen LogP contribution in [0.2, 0.25) is 0 Å². The van der Waals surface area contributed by atoms with Gasteiger partial charge < -0.3 is 4.90 Å². The molecule has 1 aromatic heterocycles. The van der Waals surface area contributed by atoms with Gasteiger partial charge >= 0.3 is 0 Å². The SMILES string of the molecule is CN(CC(=O)N1CCCC1)Cc1nnnn1C1CC1. The molecule has 7 nitrogen and oxygen atoms in total. The second-order valence-electron chi connectivity index (χ2n) is 5.53. The third-order valence-corrected chi connectivity index (χ3v) is 3.73. The van der Waals surface area contributed by atoms with Crippen molar-refractivity contribution in [1.82, 2.24) is 30.0 Å². The first-order valence-electron chi connectivity index (χ1n) is 6.97. The molecular formula is C12H20N6O. The van der Waals surface area contributed by atoms with Crippen molar-refractivity contribution in [2.24, 2.45) is 0 Å². The topological polar surface area (TPSA) is 67.2 Å². The lowest BCUT2D eigenvalue weighted by Crippen LogP contribution is -2.37. The summed E-state index contributed by atoms with van der Waals surface area (Å²) in [4.78, 5) is 16.0. The van der Waals surface area contributed by atoms with Gasteiger partial charge in [-0.05, 0) is 43.2 Å². The fourth-order valence-corrected chi connectivity index (χ4v) is 2.51. The van der Waals surface area contributed by atoms with E-state index in [1.54, 1.807) is 0 Å². The van der Waals surface area contributed by atoms with Crippen molar-refractivity contribution in [1.29, 1.82) is 0 Å². The number of rotatable bonds is 5. The number of hydrogen-bond acceptors (Lipinski definition) is 5. The molecular weight excluding hydrogens is 244 g/mol. The second kappa shape index (κ2) is 5.24. The number of carbonyl (C=O) groups excluding carboxylic acids is 1. The first-order valence-corrected chi connectivity index (χ1v) is 6.97. The lowest BCUT2D eigenvalue weighted by molar-refractivity contribution is -0.131. The van der Waals surface area contributed by atoms with Gasteiger partial charge in [0.15, 0.2) is 5.82 Å². The normalized spacial score (nSPS) is 19.4. The van der Waals surface area contributed by atoms with Gasteiger partial charge in [-0.15, -0.1) is 5.10 Å². The third kappa shape index (κ3) is 2.91. The first-order chi connectivity index (χ1) is 9.24. The van der Waals surface area contributed by atoms with Gasteiger partial charge in [-0.3, -0.25) is 9.69 Å². The van der Waals surface area contributed by atoms with Crippen molar-refractivity contribution in [2.45, 2.75) is 38.3 Å². The van der Waals surface area contributed by atoms with Gasteiger partial charge in [0.25, 0.3) is 0 Å². The lowest BCUT2D eigenvalue weighted by Gasteiger charge is -2.20. The Hall–Kier alpha value is -1.50. The van der Waals surface area contributed by atoms with Crippen LogP contribution < -0.4 is 0 Å². The predicted molar refractivity (Wildman–Crippen MR) is 68.2 cm³/mol. The number of aromatic nitrogens is 4. The van der Waals surface area contributed by atoms with E-state index in [4.69, 9.17) is 0 Å². The minimum Gasteiger partial charge on any atom is -0.342 e. The number of carbonyl (C=O) groups is 1. The highest BCUT2D eigenvalue weighted by Crippen LogP contribution is 2.34. The van der Waals surface area contributed by atoms with Gasteiger partial charge in [-0.2, -0.15) is 0 Å². The van der Waals surface area contributed by atoms with Crippen LogP contribution in [0.5, 0.6) is 0 Å². The number of hydrogen-bond donors (Lipinski definition) is 0. The number of tetrazole rings is 1. The van der Waals surface area contributed by atoms with E-state index < -0.39 is 0 Å². The van der Waals surface area contributed by atoms with E-state index in [-0.39, 0.29) is 5.91 Å². The Balaban J connectivity index is 1.54. The molecule has 1 aliphatic carbocycles. The molecule has 1 aromatic rings. The molecule has 0 unspecified atom stereocenters. The molecule has 2 fully saturated rings. The number of nitrogens with zero attached hydrogens (tertiary/aromatic N) is 6. The van der Waals surface area contributed by atoms with E-state index in [1.165, 1.54) is 0 Å². The number of likely N-dealkylation sites (tertiary alicyclic amines) is 1. The smallest absolute Gasteiger partial charge is 0.236 e. The van der Waals surface area contributed by atoms with Gasteiger partial charge in [0.05, 0.1) is 19.1 Å². The van der Waals surface area contributed by atoms with Crippen molar-refractivity contribution in [3.8, 4) is 0 Å². The molecule has 104 valence electrons. The molecule has 1 aliphatic heterocycles. The Labute approximate surface area is 112 Å². The minimum atomic E-state index is 0.213. The maximum atomic E-state index is 12.0. The summed E-state index contributed by atoms with van der Waals surface area (Å²) in [5.74, 6) is 1.07. The molecule has 2 aliphatic rings. The van der Waals surface area contributed by atoms with Crippen molar-refractivity contribution in [3.05, 3.63) is 5.82 Å². The van der Waals surface area contributed by atoms with Crippen LogP contribution >= 0.6 is 0 Å². The standard InChI is InChI=1S/C12H20N6O/c1-16(9-12(19)17-6-2-3-7-17)8-11-13-14-15-18(11)10-4-5-10/h10H,2-9H2,1H3. The van der Waals surface area contributed by atoms with E-state index in [9.17, 15) is 4.79 Å². The highest BCUT2D eigenvalue weighted by atomic mass is 16.2. The van der Waals surface area contributed by atoms with E-state index in [0.717, 1.165) is 44.6 Å². The van der Waals surface area contributed by atoms with Gasteiger partial charge in [0.2, 0.25) is 5.91 Å². The molecule has 1 amide bonds. The summed E-state index contributed by atoms with van der Waals surface area (Å²) in [5.41, 5.74) is 0. The van der Waals surface area contributed by atoms with Crippen molar-refractivity contribution in [2.75, 3.05) is 26.7 Å². The average molecular weight is 264 g/mol. The van der Waals surface area contributed by atoms with E-state index in [2.05, 4.69) is 15.5 Å². The monoisotopic (exact) mass is 264 g/mol. The minimum absolute atomic E-state index is 0.213. The summed E-state index contributed by atoms with van der Waals surface area (Å²) >= 11 is 0. The van der Waals surface area contributed by atoms with Crippen LogP contribution in [0.4, 0.5) is 0 Å². The van der Waals surface area contributed by atoms with Crippen LogP contribution in [0, 0.1) is 0 Å². The first kappa shape index (κ1) is 12.5. The van der Waals surface area contributed by atoms with E-state index in [1.807, 2.05) is 21.5 Å². The zero-order valence-corrected chi connectivity index (χ0v) is 11.3. The van der Waals surface area contributed by atoms with Gasteiger partial charge in [0, 0.05) is 13.1 Å². The Bertz CT molecular complexity index is 449. The van der Waals surface area contributed by atoms with Crippen molar-refractivity contribution in [3.63, 3.8) is 0 Å². The Morgan fingerprint density at radius 3 is 2.79 bits per heavy atom. The molecule has 19 heavy (non-hydrogen) atoms. The van der Waals surface area contributed by atoms with Gasteiger partial charge in [0.1, 0.15) is 0 Å². The second-order valence-corrected chi connectivity index (χ2v) is 5.53. The van der Waals surface area contributed by atoms with Crippen LogP contribution in [0.1, 0.15) is 37.5 Å². The van der Waals surface area contributed by atoms with E-state index in [0.29, 0.717) is 19.1 Å². The Morgan fingerprint density at radius 2 is 2.11 bits per heavy atom. The van der Waals surface area contributed by atoms with Crippen LogP contribution in [-0.2, 0) is 11.3 Å². The van der Waals surface area contributed by atoms with Gasteiger partial charge in [-0.25, -0.2) is 4.68 Å². The molecule has 0 bridgehead atoms. The molecule has 0 atom stereocenters. The van der Waals surface area contributed by atoms with Crippen LogP contribution in [0.25, 0.3) is 0 Å². The average Bonchev–Trinajstić information content (AvgIpc) is 2.92. The summed E-state index contributed by atoms with van der Waals surface area (Å²) < 4.78 is 1.90. The highest BCUT2D eigenvalue weighted by Gasteiger charge is 2.28. The summed E-state index contributed by atoms with van der Waals surface area (Å²) in [5, 5.41) is 11.8. The largest absolute Gasteiger partial charge is 0.342 e. The van der Waals surface area contributed by atoms with E-state index >= 15 is 0 Å². The Morgan fingerprint density at radius 1 is 1.37 bits per heavy atom. The fraction of sp³-hybridized carbons (Fsp3) is 0.833. The summed E-state index contributed by atoms with van der Waals surface area (Å²) in [7, 11) is 1.94. The molecule has 1 saturated carbocycles. The zero-order valence-electron chi connectivity index (χ0n) is 11.3. The molecule has 0 N–H and O–H groups in total. The molecule has 0 spiro atoms. The lowest BCUT2D eigenvalue weighted by atomic mass is 10.4. The quantitative estimate of drug-likeness (QED) is 0.752. The van der Waals surface area contributed by atoms with Crippen LogP contribution in [0.3, 0.4) is 0 Å².